The SMILES string of the molecule is COc1ccc(/C=C2/SC(=S)N(CC(=O)Nc3ncc(Cc4ccccc4)s3)C2=O)cc1. The van der Waals surface area contributed by atoms with Crippen LogP contribution in [0.15, 0.2) is 65.7 Å². The monoisotopic (exact) mass is 481 g/mol. The van der Waals surface area contributed by atoms with Gasteiger partial charge in [-0.05, 0) is 29.3 Å². The highest BCUT2D eigenvalue weighted by molar-refractivity contribution is 8.26. The molecule has 1 aromatic heterocycles. The molecule has 162 valence electrons. The van der Waals surface area contributed by atoms with Gasteiger partial charge in [-0.1, -0.05) is 66.4 Å². The molecule has 1 aliphatic heterocycles. The average Bonchev–Trinajstić information content (AvgIpc) is 3.34. The number of rotatable bonds is 7. The molecule has 9 heteroatoms. The van der Waals surface area contributed by atoms with Crippen molar-refractivity contribution in [1.29, 1.82) is 0 Å². The number of methoxy groups -OCH3 is 1. The van der Waals surface area contributed by atoms with Crippen LogP contribution in [0.2, 0.25) is 0 Å². The Kier molecular flexibility index (Phi) is 6.99. The molecule has 1 saturated heterocycles. The van der Waals surface area contributed by atoms with Crippen molar-refractivity contribution < 1.29 is 14.3 Å². The quantitative estimate of drug-likeness (QED) is 0.393. The summed E-state index contributed by atoms with van der Waals surface area (Å²) in [5, 5.41) is 3.27. The summed E-state index contributed by atoms with van der Waals surface area (Å²) in [4.78, 5) is 32.4. The second-order valence-electron chi connectivity index (χ2n) is 6.88. The lowest BCUT2D eigenvalue weighted by Gasteiger charge is -2.13. The van der Waals surface area contributed by atoms with E-state index in [0.29, 0.717) is 14.4 Å². The van der Waals surface area contributed by atoms with E-state index in [2.05, 4.69) is 10.3 Å². The third-order valence-corrected chi connectivity index (χ3v) is 6.90. The Morgan fingerprint density at radius 3 is 2.66 bits per heavy atom. The molecule has 0 aliphatic carbocycles. The summed E-state index contributed by atoms with van der Waals surface area (Å²) in [6.07, 6.45) is 4.26. The molecule has 0 radical (unpaired) electrons. The van der Waals surface area contributed by atoms with Crippen LogP contribution in [0.5, 0.6) is 5.75 Å². The van der Waals surface area contributed by atoms with E-state index in [1.54, 1.807) is 19.4 Å². The maximum Gasteiger partial charge on any atom is 0.266 e. The van der Waals surface area contributed by atoms with Crippen LogP contribution in [-0.4, -0.2) is 39.7 Å². The lowest BCUT2D eigenvalue weighted by Crippen LogP contribution is -2.36. The summed E-state index contributed by atoms with van der Waals surface area (Å²) in [5.41, 5.74) is 2.03. The van der Waals surface area contributed by atoms with Gasteiger partial charge in [-0.15, -0.1) is 11.3 Å². The van der Waals surface area contributed by atoms with Gasteiger partial charge in [0.15, 0.2) is 5.13 Å². The van der Waals surface area contributed by atoms with Crippen LogP contribution < -0.4 is 10.1 Å². The number of aromatic nitrogens is 1. The van der Waals surface area contributed by atoms with Gasteiger partial charge in [0.2, 0.25) is 5.91 Å². The molecule has 32 heavy (non-hydrogen) atoms. The standard InChI is InChI=1S/C23H19N3O3S3/c1-29-17-9-7-16(8-10-17)12-19-21(28)26(23(30)32-19)14-20(27)25-22-24-13-18(31-22)11-15-5-3-2-4-6-15/h2-10,12-13H,11,14H2,1H3,(H,24,25,27)/b19-12+. The normalized spacial score (nSPS) is 14.8. The molecule has 4 rings (SSSR count). The van der Waals surface area contributed by atoms with E-state index in [1.165, 1.54) is 33.6 Å². The van der Waals surface area contributed by atoms with Crippen molar-refractivity contribution in [3.63, 3.8) is 0 Å². The summed E-state index contributed by atoms with van der Waals surface area (Å²) in [7, 11) is 1.60. The first-order chi connectivity index (χ1) is 15.5. The Labute approximate surface area is 199 Å². The molecular weight excluding hydrogens is 462 g/mol. The van der Waals surface area contributed by atoms with E-state index in [0.717, 1.165) is 22.6 Å². The van der Waals surface area contributed by atoms with Gasteiger partial charge >= 0.3 is 0 Å². The third-order valence-electron chi connectivity index (χ3n) is 4.61. The lowest BCUT2D eigenvalue weighted by atomic mass is 10.1. The van der Waals surface area contributed by atoms with Crippen molar-refractivity contribution in [3.05, 3.63) is 81.7 Å². The number of carbonyl (C=O) groups excluding carboxylic acids is 2. The highest BCUT2D eigenvalue weighted by atomic mass is 32.2. The van der Waals surface area contributed by atoms with E-state index in [4.69, 9.17) is 17.0 Å². The number of anilines is 1. The van der Waals surface area contributed by atoms with Crippen LogP contribution in [-0.2, 0) is 16.0 Å². The summed E-state index contributed by atoms with van der Waals surface area (Å²) in [6, 6.07) is 17.4. The first-order valence-electron chi connectivity index (χ1n) is 9.70. The minimum Gasteiger partial charge on any atom is -0.497 e. The van der Waals surface area contributed by atoms with Crippen LogP contribution in [0.3, 0.4) is 0 Å². The summed E-state index contributed by atoms with van der Waals surface area (Å²) >= 11 is 7.92. The number of thiazole rings is 1. The number of hydrogen-bond donors (Lipinski definition) is 1. The van der Waals surface area contributed by atoms with Gasteiger partial charge in [-0.25, -0.2) is 4.98 Å². The molecule has 6 nitrogen and oxygen atoms in total. The van der Waals surface area contributed by atoms with Gasteiger partial charge in [-0.3, -0.25) is 14.5 Å². The van der Waals surface area contributed by atoms with Gasteiger partial charge < -0.3 is 10.1 Å². The number of thiocarbonyl (C=S) groups is 1. The van der Waals surface area contributed by atoms with Gasteiger partial charge in [-0.2, -0.15) is 0 Å². The molecule has 0 unspecified atom stereocenters. The number of hydrogen-bond acceptors (Lipinski definition) is 7. The molecule has 0 atom stereocenters. The molecule has 0 bridgehead atoms. The van der Waals surface area contributed by atoms with E-state index in [1.807, 2.05) is 54.6 Å². The van der Waals surface area contributed by atoms with Gasteiger partial charge in [0.25, 0.3) is 5.91 Å². The van der Waals surface area contributed by atoms with Crippen molar-refractivity contribution in [1.82, 2.24) is 9.88 Å². The minimum atomic E-state index is -0.340. The highest BCUT2D eigenvalue weighted by Crippen LogP contribution is 2.32. The van der Waals surface area contributed by atoms with Crippen molar-refractivity contribution in [3.8, 4) is 5.75 Å². The van der Waals surface area contributed by atoms with E-state index >= 15 is 0 Å². The summed E-state index contributed by atoms with van der Waals surface area (Å²) in [5.74, 6) is 0.114. The minimum absolute atomic E-state index is 0.155. The van der Waals surface area contributed by atoms with Gasteiger partial charge in [0, 0.05) is 17.5 Å². The summed E-state index contributed by atoms with van der Waals surface area (Å²) in [6.45, 7) is -0.155. The van der Waals surface area contributed by atoms with Crippen molar-refractivity contribution in [2.45, 2.75) is 6.42 Å². The van der Waals surface area contributed by atoms with Crippen molar-refractivity contribution >= 4 is 62.7 Å². The second-order valence-corrected chi connectivity index (χ2v) is 9.67. The zero-order valence-corrected chi connectivity index (χ0v) is 19.6. The first-order valence-corrected chi connectivity index (χ1v) is 11.7. The molecule has 3 aromatic rings. The number of carbonyl (C=O) groups is 2. The maximum atomic E-state index is 12.8. The molecule has 2 amide bonds. The van der Waals surface area contributed by atoms with Crippen LogP contribution in [0.1, 0.15) is 16.0 Å². The predicted molar refractivity (Wildman–Crippen MR) is 133 cm³/mol. The molecule has 0 saturated carbocycles. The van der Waals surface area contributed by atoms with E-state index in [9.17, 15) is 9.59 Å². The molecule has 1 fully saturated rings. The molecule has 0 spiro atoms. The van der Waals surface area contributed by atoms with Gasteiger partial charge in [0.1, 0.15) is 16.6 Å². The Morgan fingerprint density at radius 2 is 1.94 bits per heavy atom. The average molecular weight is 482 g/mol. The maximum absolute atomic E-state index is 12.8. The van der Waals surface area contributed by atoms with Crippen molar-refractivity contribution in [2.75, 3.05) is 19.0 Å². The Hall–Kier alpha value is -3.01. The molecule has 1 aliphatic rings. The smallest absolute Gasteiger partial charge is 0.266 e. The fourth-order valence-electron chi connectivity index (χ4n) is 3.03. The number of nitrogens with zero attached hydrogens (tertiary/aromatic N) is 2. The Morgan fingerprint density at radius 1 is 1.19 bits per heavy atom. The number of amides is 2. The second kappa shape index (κ2) is 10.1. The Bertz CT molecular complexity index is 1170. The molecule has 1 N–H and O–H groups in total. The number of nitrogens with one attached hydrogen (secondary N) is 1. The van der Waals surface area contributed by atoms with E-state index in [-0.39, 0.29) is 18.4 Å². The zero-order valence-electron chi connectivity index (χ0n) is 17.1. The number of ether oxygens (including phenoxy) is 1. The van der Waals surface area contributed by atoms with Crippen molar-refractivity contribution in [2.24, 2.45) is 0 Å². The molecular formula is C23H19N3O3S3. The van der Waals surface area contributed by atoms with E-state index < -0.39 is 0 Å². The topological polar surface area (TPSA) is 71.5 Å². The lowest BCUT2D eigenvalue weighted by molar-refractivity contribution is -0.126. The predicted octanol–water partition coefficient (Wildman–Crippen LogP) is 4.58. The Balaban J connectivity index is 1.36. The molecule has 2 heterocycles. The largest absolute Gasteiger partial charge is 0.497 e. The van der Waals surface area contributed by atoms with Crippen LogP contribution >= 0.6 is 35.3 Å². The molecule has 2 aromatic carbocycles. The van der Waals surface area contributed by atoms with Crippen LogP contribution in [0.25, 0.3) is 6.08 Å². The van der Waals surface area contributed by atoms with Crippen LogP contribution in [0.4, 0.5) is 5.13 Å². The zero-order chi connectivity index (χ0) is 22.5. The van der Waals surface area contributed by atoms with Crippen LogP contribution in [0, 0.1) is 0 Å². The number of thioether (sulfide) groups is 1. The van der Waals surface area contributed by atoms with Gasteiger partial charge in [0.05, 0.1) is 12.0 Å². The highest BCUT2D eigenvalue weighted by Gasteiger charge is 2.33. The fourth-order valence-corrected chi connectivity index (χ4v) is 5.15. The summed E-state index contributed by atoms with van der Waals surface area (Å²) < 4.78 is 5.50. The fraction of sp³-hybridized carbons (Fsp3) is 0.130. The number of benzene rings is 2. The first kappa shape index (κ1) is 22.2. The third kappa shape index (κ3) is 5.42.